The minimum Gasteiger partial charge on any atom is -0.399 e. The number of piperidine rings is 2. The molecule has 1 aliphatic carbocycles. The average Bonchev–Trinajstić information content (AvgIpc) is 2.56. The van der Waals surface area contributed by atoms with E-state index < -0.39 is 0 Å². The Labute approximate surface area is 141 Å². The molecule has 4 heteroatoms. The molecule has 0 spiro atoms. The second-order valence-electron chi connectivity index (χ2n) is 6.50. The number of nitrogens with two attached hydrogens (primary N) is 1. The standard InChI is InChI=1S/C19H19ClN2O/c20-13-3-7-15(8-4-13)22-16-9-10-17(18(23)11-16)19(22)12-1-5-14(21)6-2-12/h1-8,16-17,19H,9-11,21H2. The normalized spacial score (nSPS) is 26.6. The summed E-state index contributed by atoms with van der Waals surface area (Å²) in [5, 5.41) is 0.732. The van der Waals surface area contributed by atoms with Gasteiger partial charge < -0.3 is 10.6 Å². The van der Waals surface area contributed by atoms with Crippen molar-refractivity contribution in [3.05, 3.63) is 59.1 Å². The molecule has 2 aliphatic heterocycles. The summed E-state index contributed by atoms with van der Waals surface area (Å²) in [4.78, 5) is 14.9. The first kappa shape index (κ1) is 14.6. The summed E-state index contributed by atoms with van der Waals surface area (Å²) in [6, 6.07) is 16.3. The number of hydrogen-bond acceptors (Lipinski definition) is 3. The van der Waals surface area contributed by atoms with Crippen LogP contribution in [0.3, 0.4) is 0 Å². The molecule has 2 heterocycles. The van der Waals surface area contributed by atoms with Gasteiger partial charge in [-0.3, -0.25) is 4.79 Å². The van der Waals surface area contributed by atoms with Crippen molar-refractivity contribution < 1.29 is 4.79 Å². The number of benzene rings is 2. The van der Waals surface area contributed by atoms with Crippen molar-refractivity contribution in [2.75, 3.05) is 10.6 Å². The summed E-state index contributed by atoms with van der Waals surface area (Å²) >= 11 is 6.04. The van der Waals surface area contributed by atoms with Gasteiger partial charge in [0, 0.05) is 34.8 Å². The highest BCUT2D eigenvalue weighted by molar-refractivity contribution is 6.30. The molecule has 0 amide bonds. The van der Waals surface area contributed by atoms with Crippen LogP contribution in [0.1, 0.15) is 30.9 Å². The number of anilines is 2. The third kappa shape index (κ3) is 2.49. The van der Waals surface area contributed by atoms with Crippen molar-refractivity contribution in [3.63, 3.8) is 0 Å². The van der Waals surface area contributed by atoms with E-state index in [0.29, 0.717) is 12.2 Å². The molecule has 0 radical (unpaired) electrons. The van der Waals surface area contributed by atoms with Crippen LogP contribution < -0.4 is 10.6 Å². The first-order chi connectivity index (χ1) is 11.1. The molecule has 3 atom stereocenters. The molecule has 2 aromatic rings. The zero-order chi connectivity index (χ0) is 16.0. The van der Waals surface area contributed by atoms with Gasteiger partial charge in [0.2, 0.25) is 0 Å². The molecule has 2 aromatic carbocycles. The van der Waals surface area contributed by atoms with Crippen LogP contribution in [-0.2, 0) is 4.79 Å². The summed E-state index contributed by atoms with van der Waals surface area (Å²) in [6.45, 7) is 0. The molecule has 3 unspecified atom stereocenters. The number of rotatable bonds is 2. The second kappa shape index (κ2) is 5.57. The maximum Gasteiger partial charge on any atom is 0.140 e. The molecule has 23 heavy (non-hydrogen) atoms. The topological polar surface area (TPSA) is 46.3 Å². The average molecular weight is 327 g/mol. The molecular weight excluding hydrogens is 308 g/mol. The SMILES string of the molecule is Nc1ccc(C2C3CCC(CC3=O)N2c2ccc(Cl)cc2)cc1. The molecule has 3 aliphatic rings. The highest BCUT2D eigenvalue weighted by Gasteiger charge is 2.47. The fourth-order valence-electron chi connectivity index (χ4n) is 4.08. The van der Waals surface area contributed by atoms with Crippen molar-refractivity contribution >= 4 is 28.8 Å². The van der Waals surface area contributed by atoms with E-state index in [1.54, 1.807) is 0 Å². The van der Waals surface area contributed by atoms with Gasteiger partial charge in [0.25, 0.3) is 0 Å². The summed E-state index contributed by atoms with van der Waals surface area (Å²) in [5.74, 6) is 0.465. The highest BCUT2D eigenvalue weighted by Crippen LogP contribution is 2.48. The molecule has 2 bridgehead atoms. The Morgan fingerprint density at radius 3 is 2.35 bits per heavy atom. The number of nitrogen functional groups attached to an aromatic ring is 1. The Hall–Kier alpha value is -2.00. The molecule has 118 valence electrons. The van der Waals surface area contributed by atoms with Gasteiger partial charge in [0.15, 0.2) is 0 Å². The van der Waals surface area contributed by atoms with Crippen LogP contribution in [0.4, 0.5) is 11.4 Å². The Balaban J connectivity index is 1.79. The van der Waals surface area contributed by atoms with Crippen molar-refractivity contribution in [2.24, 2.45) is 5.92 Å². The Morgan fingerprint density at radius 1 is 1.00 bits per heavy atom. The van der Waals surface area contributed by atoms with Crippen LogP contribution in [0.2, 0.25) is 5.02 Å². The number of carbonyl (C=O) groups excluding carboxylic acids is 1. The largest absolute Gasteiger partial charge is 0.399 e. The zero-order valence-corrected chi connectivity index (χ0v) is 13.5. The molecule has 5 rings (SSSR count). The monoisotopic (exact) mass is 326 g/mol. The van der Waals surface area contributed by atoms with Crippen LogP contribution in [0, 0.1) is 5.92 Å². The lowest BCUT2D eigenvalue weighted by Gasteiger charge is -2.52. The van der Waals surface area contributed by atoms with E-state index in [1.807, 2.05) is 24.3 Å². The van der Waals surface area contributed by atoms with Crippen LogP contribution in [0.15, 0.2) is 48.5 Å². The predicted octanol–water partition coefficient (Wildman–Crippen LogP) is 4.22. The number of nitrogens with zero attached hydrogens (tertiary/aromatic N) is 1. The van der Waals surface area contributed by atoms with Crippen molar-refractivity contribution in [2.45, 2.75) is 31.3 Å². The molecule has 3 nitrogen and oxygen atoms in total. The first-order valence-corrected chi connectivity index (χ1v) is 8.43. The maximum atomic E-state index is 12.5. The number of carbonyl (C=O) groups is 1. The van der Waals surface area contributed by atoms with E-state index in [9.17, 15) is 4.79 Å². The third-order valence-electron chi connectivity index (χ3n) is 5.14. The molecule has 3 fully saturated rings. The van der Waals surface area contributed by atoms with Gasteiger partial charge in [-0.2, -0.15) is 0 Å². The predicted molar refractivity (Wildman–Crippen MR) is 93.7 cm³/mol. The lowest BCUT2D eigenvalue weighted by Crippen LogP contribution is -2.54. The summed E-state index contributed by atoms with van der Waals surface area (Å²) < 4.78 is 0. The van der Waals surface area contributed by atoms with Gasteiger partial charge in [-0.1, -0.05) is 23.7 Å². The number of fused-ring (bicyclic) bond motifs is 3. The van der Waals surface area contributed by atoms with Crippen molar-refractivity contribution in [1.29, 1.82) is 0 Å². The summed E-state index contributed by atoms with van der Waals surface area (Å²) in [5.41, 5.74) is 8.88. The molecule has 0 aromatic heterocycles. The summed E-state index contributed by atoms with van der Waals surface area (Å²) in [7, 11) is 0. The number of hydrogen-bond donors (Lipinski definition) is 1. The Morgan fingerprint density at radius 2 is 1.70 bits per heavy atom. The molecule has 2 N–H and O–H groups in total. The lowest BCUT2D eigenvalue weighted by molar-refractivity contribution is -0.128. The fraction of sp³-hybridized carbons (Fsp3) is 0.316. The maximum absolute atomic E-state index is 12.5. The minimum absolute atomic E-state index is 0.0688. The lowest BCUT2D eigenvalue weighted by atomic mass is 9.71. The zero-order valence-electron chi connectivity index (χ0n) is 12.8. The van der Waals surface area contributed by atoms with Gasteiger partial charge in [-0.25, -0.2) is 0 Å². The summed E-state index contributed by atoms with van der Waals surface area (Å²) in [6.07, 6.45) is 2.70. The van der Waals surface area contributed by atoms with Gasteiger partial charge in [-0.05, 0) is 54.8 Å². The fourth-order valence-corrected chi connectivity index (χ4v) is 4.21. The highest BCUT2D eigenvalue weighted by atomic mass is 35.5. The van der Waals surface area contributed by atoms with Crippen LogP contribution >= 0.6 is 11.6 Å². The van der Waals surface area contributed by atoms with Gasteiger partial charge >= 0.3 is 0 Å². The van der Waals surface area contributed by atoms with E-state index in [4.69, 9.17) is 17.3 Å². The molecule has 2 saturated heterocycles. The Kier molecular flexibility index (Phi) is 3.53. The first-order valence-electron chi connectivity index (χ1n) is 8.05. The van der Waals surface area contributed by atoms with Gasteiger partial charge in [0.1, 0.15) is 5.78 Å². The van der Waals surface area contributed by atoms with Crippen LogP contribution in [0.5, 0.6) is 0 Å². The minimum atomic E-state index is 0.0688. The van der Waals surface area contributed by atoms with Crippen LogP contribution in [0.25, 0.3) is 0 Å². The van der Waals surface area contributed by atoms with E-state index in [0.717, 1.165) is 34.8 Å². The van der Waals surface area contributed by atoms with Gasteiger partial charge in [0.05, 0.1) is 6.04 Å². The van der Waals surface area contributed by atoms with Crippen molar-refractivity contribution in [1.82, 2.24) is 0 Å². The number of Topliss-reactive ketones (excluding diaryl/α,β-unsaturated/α-hetero) is 1. The second-order valence-corrected chi connectivity index (χ2v) is 6.94. The number of halogens is 1. The number of ketones is 1. The van der Waals surface area contributed by atoms with Crippen LogP contribution in [-0.4, -0.2) is 11.8 Å². The smallest absolute Gasteiger partial charge is 0.140 e. The van der Waals surface area contributed by atoms with E-state index in [-0.39, 0.29) is 18.0 Å². The van der Waals surface area contributed by atoms with Crippen molar-refractivity contribution in [3.8, 4) is 0 Å². The van der Waals surface area contributed by atoms with Gasteiger partial charge in [-0.15, -0.1) is 0 Å². The van der Waals surface area contributed by atoms with E-state index in [2.05, 4.69) is 29.2 Å². The molecular formula is C19H19ClN2O. The third-order valence-corrected chi connectivity index (χ3v) is 5.39. The Bertz CT molecular complexity index is 726. The van der Waals surface area contributed by atoms with E-state index >= 15 is 0 Å². The quantitative estimate of drug-likeness (QED) is 0.840. The van der Waals surface area contributed by atoms with E-state index in [1.165, 1.54) is 0 Å². The molecule has 1 saturated carbocycles.